The molecule has 0 unspecified atom stereocenters. The van der Waals surface area contributed by atoms with E-state index in [4.69, 9.17) is 0 Å². The standard InChI is InChI=1S/C13H19N2/c1-12(2)14-8-10-15(11-9-14)13-6-4-3-5-7-13/h3-4,6-7,12H,8-11H2,1-2H3. The summed E-state index contributed by atoms with van der Waals surface area (Å²) in [5.74, 6) is 0. The van der Waals surface area contributed by atoms with Crippen LogP contribution in [0.25, 0.3) is 0 Å². The van der Waals surface area contributed by atoms with Crippen molar-refractivity contribution in [3.63, 3.8) is 0 Å². The van der Waals surface area contributed by atoms with Crippen molar-refractivity contribution in [1.82, 2.24) is 4.90 Å². The molecule has 1 saturated heterocycles. The molecule has 0 spiro atoms. The van der Waals surface area contributed by atoms with Crippen molar-refractivity contribution in [2.45, 2.75) is 19.9 Å². The predicted octanol–water partition coefficient (Wildman–Crippen LogP) is 2.02. The zero-order valence-corrected chi connectivity index (χ0v) is 9.61. The van der Waals surface area contributed by atoms with E-state index in [9.17, 15) is 0 Å². The van der Waals surface area contributed by atoms with Gasteiger partial charge in [-0.2, -0.15) is 0 Å². The van der Waals surface area contributed by atoms with Crippen LogP contribution in [0.2, 0.25) is 0 Å². The molecule has 81 valence electrons. The van der Waals surface area contributed by atoms with Crippen molar-refractivity contribution >= 4 is 5.69 Å². The molecule has 1 aromatic carbocycles. The largest absolute Gasteiger partial charge is 0.369 e. The summed E-state index contributed by atoms with van der Waals surface area (Å²) < 4.78 is 0. The molecule has 0 atom stereocenters. The van der Waals surface area contributed by atoms with Crippen molar-refractivity contribution in [2.75, 3.05) is 31.1 Å². The molecule has 0 N–H and O–H groups in total. The third-order valence-electron chi connectivity index (χ3n) is 3.10. The van der Waals surface area contributed by atoms with Crippen molar-refractivity contribution in [1.29, 1.82) is 0 Å². The minimum Gasteiger partial charge on any atom is -0.369 e. The Morgan fingerprint density at radius 3 is 2.47 bits per heavy atom. The first-order chi connectivity index (χ1) is 7.27. The molecule has 1 aliphatic heterocycles. The average Bonchev–Trinajstić information content (AvgIpc) is 2.30. The van der Waals surface area contributed by atoms with Crippen molar-refractivity contribution < 1.29 is 0 Å². The van der Waals surface area contributed by atoms with E-state index in [-0.39, 0.29) is 0 Å². The zero-order valence-electron chi connectivity index (χ0n) is 9.61. The summed E-state index contributed by atoms with van der Waals surface area (Å²) in [7, 11) is 0. The summed E-state index contributed by atoms with van der Waals surface area (Å²) in [5, 5.41) is 0. The lowest BCUT2D eigenvalue weighted by Crippen LogP contribution is -2.48. The van der Waals surface area contributed by atoms with Gasteiger partial charge >= 0.3 is 0 Å². The molecule has 2 heteroatoms. The maximum Gasteiger partial charge on any atom is 0.0373 e. The van der Waals surface area contributed by atoms with Gasteiger partial charge in [-0.1, -0.05) is 12.1 Å². The first kappa shape index (κ1) is 10.5. The summed E-state index contributed by atoms with van der Waals surface area (Å²) in [6.07, 6.45) is 0. The molecule has 1 aromatic rings. The van der Waals surface area contributed by atoms with E-state index in [0.717, 1.165) is 13.1 Å². The fraction of sp³-hybridized carbons (Fsp3) is 0.538. The third-order valence-corrected chi connectivity index (χ3v) is 3.10. The highest BCUT2D eigenvalue weighted by Gasteiger charge is 2.18. The Hall–Kier alpha value is -1.02. The van der Waals surface area contributed by atoms with Crippen molar-refractivity contribution in [3.8, 4) is 0 Å². The van der Waals surface area contributed by atoms with Crippen molar-refractivity contribution in [3.05, 3.63) is 30.3 Å². The maximum atomic E-state index is 3.14. The van der Waals surface area contributed by atoms with Crippen LogP contribution in [-0.4, -0.2) is 37.1 Å². The Morgan fingerprint density at radius 2 is 1.93 bits per heavy atom. The first-order valence-electron chi connectivity index (χ1n) is 5.72. The summed E-state index contributed by atoms with van der Waals surface area (Å²) >= 11 is 0. The molecule has 1 fully saturated rings. The van der Waals surface area contributed by atoms with Gasteiger partial charge in [-0.3, -0.25) is 4.90 Å². The lowest BCUT2D eigenvalue weighted by molar-refractivity contribution is 0.209. The monoisotopic (exact) mass is 203 g/mol. The molecule has 0 bridgehead atoms. The molecule has 1 heterocycles. The highest BCUT2D eigenvalue weighted by Crippen LogP contribution is 2.15. The lowest BCUT2D eigenvalue weighted by Gasteiger charge is -2.38. The molecule has 1 aliphatic rings. The molecule has 2 nitrogen and oxygen atoms in total. The van der Waals surface area contributed by atoms with E-state index in [0.29, 0.717) is 6.04 Å². The van der Waals surface area contributed by atoms with Crippen LogP contribution < -0.4 is 4.90 Å². The molecule has 0 saturated carbocycles. The second-order valence-corrected chi connectivity index (χ2v) is 4.38. The Kier molecular flexibility index (Phi) is 3.27. The minimum atomic E-state index is 0.675. The molecule has 1 radical (unpaired) electrons. The fourth-order valence-electron chi connectivity index (χ4n) is 2.08. The molecule has 0 amide bonds. The Labute approximate surface area is 92.5 Å². The van der Waals surface area contributed by atoms with Crippen LogP contribution in [0.1, 0.15) is 13.8 Å². The highest BCUT2D eigenvalue weighted by atomic mass is 15.3. The van der Waals surface area contributed by atoms with E-state index < -0.39 is 0 Å². The first-order valence-corrected chi connectivity index (χ1v) is 5.72. The molecule has 2 rings (SSSR count). The van der Waals surface area contributed by atoms with Gasteiger partial charge in [0.1, 0.15) is 0 Å². The Bertz CT molecular complexity index is 287. The van der Waals surface area contributed by atoms with E-state index >= 15 is 0 Å². The van der Waals surface area contributed by atoms with Gasteiger partial charge in [0.05, 0.1) is 0 Å². The number of anilines is 1. The van der Waals surface area contributed by atoms with Crippen molar-refractivity contribution in [2.24, 2.45) is 0 Å². The van der Waals surface area contributed by atoms with E-state index in [1.54, 1.807) is 0 Å². The third kappa shape index (κ3) is 2.51. The zero-order chi connectivity index (χ0) is 10.7. The number of benzene rings is 1. The number of hydrogen-bond acceptors (Lipinski definition) is 2. The second-order valence-electron chi connectivity index (χ2n) is 4.38. The topological polar surface area (TPSA) is 6.48 Å². The van der Waals surface area contributed by atoms with Crippen LogP contribution >= 0.6 is 0 Å². The molecular formula is C13H19N2. The van der Waals surface area contributed by atoms with Gasteiger partial charge in [0.25, 0.3) is 0 Å². The molecule has 0 aromatic heterocycles. The van der Waals surface area contributed by atoms with Gasteiger partial charge in [0.15, 0.2) is 0 Å². The summed E-state index contributed by atoms with van der Waals surface area (Å²) in [6.45, 7) is 9.16. The van der Waals surface area contributed by atoms with Crippen LogP contribution in [0.5, 0.6) is 0 Å². The van der Waals surface area contributed by atoms with Gasteiger partial charge in [-0.05, 0) is 32.0 Å². The average molecular weight is 203 g/mol. The van der Waals surface area contributed by atoms with Gasteiger partial charge in [0, 0.05) is 37.9 Å². The van der Waals surface area contributed by atoms with E-state index in [2.05, 4.69) is 47.9 Å². The highest BCUT2D eigenvalue weighted by molar-refractivity contribution is 5.45. The minimum absolute atomic E-state index is 0.675. The van der Waals surface area contributed by atoms with Gasteiger partial charge in [0.2, 0.25) is 0 Å². The normalized spacial score (nSPS) is 18.5. The molecule has 15 heavy (non-hydrogen) atoms. The van der Waals surface area contributed by atoms with Crippen LogP contribution in [0, 0.1) is 6.07 Å². The number of nitrogens with zero attached hydrogens (tertiary/aromatic N) is 2. The number of hydrogen-bond donors (Lipinski definition) is 0. The Morgan fingerprint density at radius 1 is 1.20 bits per heavy atom. The maximum absolute atomic E-state index is 3.14. The Balaban J connectivity index is 1.94. The van der Waals surface area contributed by atoms with Crippen LogP contribution in [0.15, 0.2) is 24.3 Å². The fourth-order valence-corrected chi connectivity index (χ4v) is 2.08. The predicted molar refractivity (Wildman–Crippen MR) is 64.2 cm³/mol. The van der Waals surface area contributed by atoms with E-state index in [1.807, 2.05) is 6.07 Å². The second kappa shape index (κ2) is 4.67. The summed E-state index contributed by atoms with van der Waals surface area (Å²) in [4.78, 5) is 4.97. The smallest absolute Gasteiger partial charge is 0.0373 e. The summed E-state index contributed by atoms with van der Waals surface area (Å²) in [5.41, 5.74) is 1.31. The lowest BCUT2D eigenvalue weighted by atomic mass is 10.2. The van der Waals surface area contributed by atoms with Crippen LogP contribution in [0.3, 0.4) is 0 Å². The summed E-state index contributed by atoms with van der Waals surface area (Å²) in [6, 6.07) is 12.1. The molecular weight excluding hydrogens is 184 g/mol. The van der Waals surface area contributed by atoms with Gasteiger partial charge in [-0.15, -0.1) is 0 Å². The van der Waals surface area contributed by atoms with Gasteiger partial charge < -0.3 is 4.90 Å². The quantitative estimate of drug-likeness (QED) is 0.725. The van der Waals surface area contributed by atoms with E-state index in [1.165, 1.54) is 18.8 Å². The van der Waals surface area contributed by atoms with Crippen LogP contribution in [-0.2, 0) is 0 Å². The van der Waals surface area contributed by atoms with Crippen LogP contribution in [0.4, 0.5) is 5.69 Å². The molecule has 0 aliphatic carbocycles. The number of piperazine rings is 1. The SMILES string of the molecule is CC(C)N1CCN(c2c[c]ccc2)CC1. The number of rotatable bonds is 2. The van der Waals surface area contributed by atoms with Gasteiger partial charge in [-0.25, -0.2) is 0 Å².